The molecular formula is C31H54O3. The summed E-state index contributed by atoms with van der Waals surface area (Å²) < 4.78 is 0. The first kappa shape index (κ1) is 30.5. The summed E-state index contributed by atoms with van der Waals surface area (Å²) >= 11 is 0. The Hall–Kier alpha value is -1.51. The van der Waals surface area contributed by atoms with Gasteiger partial charge in [0.1, 0.15) is 5.75 Å². The predicted molar refractivity (Wildman–Crippen MR) is 146 cm³/mol. The topological polar surface area (TPSA) is 57.5 Å². The highest BCUT2D eigenvalue weighted by molar-refractivity contribution is 5.70. The fourth-order valence-corrected chi connectivity index (χ4v) is 4.93. The molecule has 1 unspecified atom stereocenters. The van der Waals surface area contributed by atoms with Crippen LogP contribution in [0.1, 0.15) is 159 Å². The SMILES string of the molecule is CCCCCCCCCCCCCCCCC(Cc1cc(C(C)C)c(O)c(C(C)C)c1)C(=O)O. The largest absolute Gasteiger partial charge is 0.507 e. The fraction of sp³-hybridized carbons (Fsp3) is 0.774. The number of carboxylic acids is 1. The number of carbonyl (C=O) groups is 1. The molecule has 196 valence electrons. The normalized spacial score (nSPS) is 12.6. The molecule has 0 bridgehead atoms. The summed E-state index contributed by atoms with van der Waals surface area (Å²) in [5, 5.41) is 20.4. The van der Waals surface area contributed by atoms with Gasteiger partial charge in [-0.05, 0) is 41.4 Å². The van der Waals surface area contributed by atoms with E-state index in [2.05, 4.69) is 34.6 Å². The number of benzene rings is 1. The quantitative estimate of drug-likeness (QED) is 0.185. The Kier molecular flexibility index (Phi) is 16.0. The first-order valence-corrected chi connectivity index (χ1v) is 14.4. The van der Waals surface area contributed by atoms with E-state index in [0.29, 0.717) is 12.2 Å². The Morgan fingerprint density at radius 1 is 0.706 bits per heavy atom. The maximum absolute atomic E-state index is 11.9. The summed E-state index contributed by atoms with van der Waals surface area (Å²) in [6.07, 6.45) is 19.7. The van der Waals surface area contributed by atoms with Gasteiger partial charge in [-0.15, -0.1) is 0 Å². The molecule has 0 radical (unpaired) electrons. The second kappa shape index (κ2) is 17.9. The lowest BCUT2D eigenvalue weighted by Crippen LogP contribution is -2.17. The number of phenolic OH excluding ortho intramolecular Hbond substituents is 1. The number of carboxylic acid groups (broad SMARTS) is 1. The van der Waals surface area contributed by atoms with Crippen LogP contribution in [0.3, 0.4) is 0 Å². The summed E-state index contributed by atoms with van der Waals surface area (Å²) in [5.41, 5.74) is 2.91. The molecule has 0 saturated carbocycles. The summed E-state index contributed by atoms with van der Waals surface area (Å²) in [6.45, 7) is 10.6. The van der Waals surface area contributed by atoms with Crippen LogP contribution in [-0.4, -0.2) is 16.2 Å². The monoisotopic (exact) mass is 474 g/mol. The molecule has 2 N–H and O–H groups in total. The van der Waals surface area contributed by atoms with E-state index in [1.54, 1.807) is 0 Å². The fourth-order valence-electron chi connectivity index (χ4n) is 4.93. The van der Waals surface area contributed by atoms with Crippen molar-refractivity contribution < 1.29 is 15.0 Å². The van der Waals surface area contributed by atoms with Gasteiger partial charge in [-0.1, -0.05) is 137 Å². The molecule has 3 nitrogen and oxygen atoms in total. The molecule has 1 aromatic carbocycles. The van der Waals surface area contributed by atoms with Crippen molar-refractivity contribution in [3.05, 3.63) is 28.8 Å². The second-order valence-corrected chi connectivity index (χ2v) is 11.1. The number of aromatic hydroxyl groups is 1. The standard InChI is InChI=1S/C31H54O3/c1-6-7-8-9-10-11-12-13-14-15-16-17-18-19-20-27(31(33)34)21-26-22-28(24(2)3)30(32)29(23-26)25(4)5/h22-25,27,32H,6-21H2,1-5H3,(H,33,34). The van der Waals surface area contributed by atoms with Gasteiger partial charge in [0.2, 0.25) is 0 Å². The minimum atomic E-state index is -0.694. The van der Waals surface area contributed by atoms with Crippen LogP contribution < -0.4 is 0 Å². The number of hydrogen-bond donors (Lipinski definition) is 2. The number of aliphatic carboxylic acids is 1. The third-order valence-electron chi connectivity index (χ3n) is 7.21. The molecule has 0 aliphatic rings. The van der Waals surface area contributed by atoms with Crippen molar-refractivity contribution in [2.45, 2.75) is 149 Å². The molecule has 1 rings (SSSR count). The van der Waals surface area contributed by atoms with Crippen LogP contribution in [0.2, 0.25) is 0 Å². The maximum atomic E-state index is 11.9. The van der Waals surface area contributed by atoms with Crippen molar-refractivity contribution in [3.63, 3.8) is 0 Å². The Morgan fingerprint density at radius 3 is 1.44 bits per heavy atom. The van der Waals surface area contributed by atoms with E-state index in [1.165, 1.54) is 77.0 Å². The highest BCUT2D eigenvalue weighted by atomic mass is 16.4. The molecule has 34 heavy (non-hydrogen) atoms. The Balaban J connectivity index is 2.32. The number of rotatable bonds is 20. The summed E-state index contributed by atoms with van der Waals surface area (Å²) in [7, 11) is 0. The summed E-state index contributed by atoms with van der Waals surface area (Å²) in [4.78, 5) is 11.9. The number of hydrogen-bond acceptors (Lipinski definition) is 2. The average Bonchev–Trinajstić information content (AvgIpc) is 2.78. The Morgan fingerprint density at radius 2 is 1.09 bits per heavy atom. The lowest BCUT2D eigenvalue weighted by Gasteiger charge is -2.19. The van der Waals surface area contributed by atoms with Gasteiger partial charge < -0.3 is 10.2 Å². The van der Waals surface area contributed by atoms with Gasteiger partial charge in [0, 0.05) is 0 Å². The number of unbranched alkanes of at least 4 members (excludes halogenated alkanes) is 13. The van der Waals surface area contributed by atoms with Crippen LogP contribution >= 0.6 is 0 Å². The van der Waals surface area contributed by atoms with Gasteiger partial charge in [0.05, 0.1) is 5.92 Å². The molecule has 0 aliphatic heterocycles. The zero-order chi connectivity index (χ0) is 25.3. The highest BCUT2D eigenvalue weighted by Crippen LogP contribution is 2.35. The third kappa shape index (κ3) is 12.3. The van der Waals surface area contributed by atoms with E-state index in [0.717, 1.165) is 36.0 Å². The van der Waals surface area contributed by atoms with E-state index >= 15 is 0 Å². The average molecular weight is 475 g/mol. The number of phenols is 1. The van der Waals surface area contributed by atoms with Gasteiger partial charge in [0.15, 0.2) is 0 Å². The van der Waals surface area contributed by atoms with Crippen molar-refractivity contribution in [1.82, 2.24) is 0 Å². The molecule has 0 aromatic heterocycles. The molecule has 1 aromatic rings. The predicted octanol–water partition coefficient (Wildman–Crippen LogP) is 9.75. The van der Waals surface area contributed by atoms with Gasteiger partial charge in [-0.2, -0.15) is 0 Å². The van der Waals surface area contributed by atoms with E-state index < -0.39 is 5.97 Å². The molecule has 0 heterocycles. The Bertz CT molecular complexity index is 648. The highest BCUT2D eigenvalue weighted by Gasteiger charge is 2.21. The van der Waals surface area contributed by atoms with Crippen molar-refractivity contribution in [1.29, 1.82) is 0 Å². The minimum Gasteiger partial charge on any atom is -0.507 e. The first-order chi connectivity index (χ1) is 16.3. The molecule has 0 spiro atoms. The van der Waals surface area contributed by atoms with Crippen LogP contribution in [-0.2, 0) is 11.2 Å². The van der Waals surface area contributed by atoms with E-state index in [9.17, 15) is 15.0 Å². The lowest BCUT2D eigenvalue weighted by atomic mass is 9.87. The summed E-state index contributed by atoms with van der Waals surface area (Å²) in [6, 6.07) is 4.04. The van der Waals surface area contributed by atoms with Crippen molar-refractivity contribution in [2.24, 2.45) is 5.92 Å². The van der Waals surface area contributed by atoms with E-state index in [1.807, 2.05) is 12.1 Å². The molecule has 0 saturated heterocycles. The van der Waals surface area contributed by atoms with Crippen molar-refractivity contribution >= 4 is 5.97 Å². The minimum absolute atomic E-state index is 0.214. The van der Waals surface area contributed by atoms with Crippen LogP contribution in [0.4, 0.5) is 0 Å². The first-order valence-electron chi connectivity index (χ1n) is 14.4. The van der Waals surface area contributed by atoms with Crippen LogP contribution in [0, 0.1) is 5.92 Å². The smallest absolute Gasteiger partial charge is 0.306 e. The van der Waals surface area contributed by atoms with Crippen LogP contribution in [0.25, 0.3) is 0 Å². The maximum Gasteiger partial charge on any atom is 0.306 e. The molecule has 0 fully saturated rings. The van der Waals surface area contributed by atoms with Gasteiger partial charge in [-0.25, -0.2) is 0 Å². The lowest BCUT2D eigenvalue weighted by molar-refractivity contribution is -0.142. The van der Waals surface area contributed by atoms with E-state index in [4.69, 9.17) is 0 Å². The molecule has 3 heteroatoms. The molecular weight excluding hydrogens is 420 g/mol. The van der Waals surface area contributed by atoms with E-state index in [-0.39, 0.29) is 17.8 Å². The molecule has 0 amide bonds. The van der Waals surface area contributed by atoms with Crippen LogP contribution in [0.5, 0.6) is 5.75 Å². The van der Waals surface area contributed by atoms with Gasteiger partial charge in [-0.3, -0.25) is 4.79 Å². The van der Waals surface area contributed by atoms with Crippen molar-refractivity contribution in [3.8, 4) is 5.75 Å². The summed E-state index contributed by atoms with van der Waals surface area (Å²) in [5.74, 6) is -0.229. The zero-order valence-corrected chi connectivity index (χ0v) is 23.0. The van der Waals surface area contributed by atoms with Crippen LogP contribution in [0.15, 0.2) is 12.1 Å². The zero-order valence-electron chi connectivity index (χ0n) is 23.0. The second-order valence-electron chi connectivity index (χ2n) is 11.1. The van der Waals surface area contributed by atoms with Gasteiger partial charge in [0.25, 0.3) is 0 Å². The van der Waals surface area contributed by atoms with Gasteiger partial charge >= 0.3 is 5.97 Å². The van der Waals surface area contributed by atoms with Crippen molar-refractivity contribution in [2.75, 3.05) is 0 Å². The molecule has 1 atom stereocenters. The Labute approximate surface area is 210 Å². The molecule has 0 aliphatic carbocycles. The third-order valence-corrected chi connectivity index (χ3v) is 7.21.